The topological polar surface area (TPSA) is 225 Å². The van der Waals surface area contributed by atoms with Crippen molar-refractivity contribution in [3.63, 3.8) is 0 Å². The molecule has 2 saturated heterocycles. The van der Waals surface area contributed by atoms with Crippen molar-refractivity contribution in [2.75, 3.05) is 19.8 Å². The maximum atomic E-state index is 12.1. The van der Waals surface area contributed by atoms with Gasteiger partial charge in [0.2, 0.25) is 0 Å². The van der Waals surface area contributed by atoms with E-state index in [4.69, 9.17) is 23.7 Å². The number of aliphatic hydroxyl groups is 7. The van der Waals surface area contributed by atoms with E-state index in [9.17, 15) is 45.6 Å². The van der Waals surface area contributed by atoms with E-state index in [0.717, 1.165) is 32.1 Å². The summed E-state index contributed by atoms with van der Waals surface area (Å²) in [5, 5.41) is 82.9. The molecule has 0 aromatic carbocycles. The molecule has 0 aromatic rings. The Morgan fingerprint density at radius 2 is 1.55 bits per heavy atom. The third-order valence-electron chi connectivity index (χ3n) is 9.27. The Kier molecular flexibility index (Phi) is 12.4. The van der Waals surface area contributed by atoms with Gasteiger partial charge < -0.3 is 64.5 Å². The van der Waals surface area contributed by atoms with Gasteiger partial charge in [0.15, 0.2) is 12.4 Å². The second-order valence-corrected chi connectivity index (χ2v) is 12.2. The lowest BCUT2D eigenvalue weighted by atomic mass is 9.80. The number of aliphatic hydroxyl groups excluding tert-OH is 7. The maximum absolute atomic E-state index is 12.1. The van der Waals surface area contributed by atoms with Gasteiger partial charge in [0.1, 0.15) is 42.7 Å². The molecule has 42 heavy (non-hydrogen) atoms. The first-order valence-corrected chi connectivity index (χ1v) is 15.1. The summed E-state index contributed by atoms with van der Waals surface area (Å²) in [6, 6.07) is 0. The van der Waals surface area contributed by atoms with Crippen LogP contribution in [0.1, 0.15) is 58.3 Å². The number of carbonyl (C=O) groups is 1. The van der Waals surface area contributed by atoms with Crippen LogP contribution in [0.2, 0.25) is 0 Å². The Balaban J connectivity index is 1.49. The molecule has 2 heterocycles. The van der Waals surface area contributed by atoms with Crippen molar-refractivity contribution < 1.29 is 69.3 Å². The van der Waals surface area contributed by atoms with Gasteiger partial charge in [0.25, 0.3) is 0 Å². The smallest absolute Gasteiger partial charge is 0.332 e. The van der Waals surface area contributed by atoms with Crippen molar-refractivity contribution in [1.29, 1.82) is 0 Å². The molecule has 2 aliphatic carbocycles. The number of rotatable bonds is 11. The summed E-state index contributed by atoms with van der Waals surface area (Å²) in [7, 11) is 0. The van der Waals surface area contributed by atoms with Gasteiger partial charge in [0, 0.05) is 19.1 Å². The third-order valence-corrected chi connectivity index (χ3v) is 9.27. The fourth-order valence-electron chi connectivity index (χ4n) is 6.69. The molecule has 2 saturated carbocycles. The molecule has 13 unspecified atom stereocenters. The van der Waals surface area contributed by atoms with E-state index in [2.05, 4.69) is 0 Å². The summed E-state index contributed by atoms with van der Waals surface area (Å²) < 4.78 is 29.3. The monoisotopic (exact) mass is 608 g/mol. The number of carboxylic acid groups (broad SMARTS) is 1. The van der Waals surface area contributed by atoms with Crippen LogP contribution in [-0.2, 0) is 28.5 Å². The van der Waals surface area contributed by atoms with Crippen LogP contribution in [0.4, 0.5) is 0 Å². The van der Waals surface area contributed by atoms with Gasteiger partial charge in [-0.1, -0.05) is 32.1 Å². The van der Waals surface area contributed by atoms with Crippen LogP contribution >= 0.6 is 0 Å². The molecule has 4 rings (SSSR count). The predicted molar refractivity (Wildman–Crippen MR) is 142 cm³/mol. The highest BCUT2D eigenvalue weighted by Crippen LogP contribution is 2.36. The molecule has 14 heteroatoms. The van der Waals surface area contributed by atoms with Crippen molar-refractivity contribution >= 4 is 5.97 Å². The standard InChI is InChI=1S/C28H48O14/c1-13-20(31)23(34)24(35)28(39-13)42-25-16(7-8-38-19(25)12-30)40-17-10-15(11-29)21(32)26(22(17)33)41-18(27(36)37)9-14-5-3-2-4-6-14/h13-26,28-35H,2-12H2,1H3,(H,36,37)/t13?,15?,16?,17?,18-,19?,20?,21?,22?,23?,24?,25?,26?,28?/m0/s1. The molecular formula is C28H48O14. The average molecular weight is 609 g/mol. The van der Waals surface area contributed by atoms with Crippen molar-refractivity contribution in [3.8, 4) is 0 Å². The van der Waals surface area contributed by atoms with E-state index >= 15 is 0 Å². The van der Waals surface area contributed by atoms with E-state index in [0.29, 0.717) is 0 Å². The van der Waals surface area contributed by atoms with Gasteiger partial charge in [-0.25, -0.2) is 4.79 Å². The van der Waals surface area contributed by atoms with Crippen molar-refractivity contribution in [2.45, 2.75) is 138 Å². The minimum absolute atomic E-state index is 0.0252. The largest absolute Gasteiger partial charge is 0.479 e. The molecule has 0 bridgehead atoms. The molecule has 8 N–H and O–H groups in total. The zero-order chi connectivity index (χ0) is 30.6. The Bertz CT molecular complexity index is 841. The van der Waals surface area contributed by atoms with E-state index in [1.807, 2.05) is 0 Å². The van der Waals surface area contributed by atoms with E-state index in [1.54, 1.807) is 0 Å². The molecule has 244 valence electrons. The average Bonchev–Trinajstić information content (AvgIpc) is 2.98. The molecule has 0 amide bonds. The summed E-state index contributed by atoms with van der Waals surface area (Å²) in [6.45, 7) is 0.731. The maximum Gasteiger partial charge on any atom is 0.332 e. The van der Waals surface area contributed by atoms with E-state index in [1.165, 1.54) is 6.92 Å². The molecule has 4 aliphatic rings. The highest BCUT2D eigenvalue weighted by Gasteiger charge is 2.50. The van der Waals surface area contributed by atoms with E-state index in [-0.39, 0.29) is 31.8 Å². The fourth-order valence-corrected chi connectivity index (χ4v) is 6.69. The molecule has 14 atom stereocenters. The summed E-state index contributed by atoms with van der Waals surface area (Å²) in [5.41, 5.74) is 0. The molecule has 4 fully saturated rings. The Labute approximate surface area is 245 Å². The normalized spacial score (nSPS) is 44.5. The Morgan fingerprint density at radius 1 is 0.833 bits per heavy atom. The SMILES string of the molecule is CC1OC(OC2C(CO)OCCC2OC2CC(CO)C(O)C(O[C@@H](CC3CCCCC3)C(=O)O)C2O)C(O)C(O)C1O. The highest BCUT2D eigenvalue weighted by atomic mass is 16.7. The second kappa shape index (κ2) is 15.3. The third kappa shape index (κ3) is 7.79. The fraction of sp³-hybridized carbons (Fsp3) is 0.964. The van der Waals surface area contributed by atoms with Gasteiger partial charge in [-0.3, -0.25) is 0 Å². The first-order chi connectivity index (χ1) is 20.0. The van der Waals surface area contributed by atoms with E-state index < -0.39 is 105 Å². The van der Waals surface area contributed by atoms with Gasteiger partial charge in [-0.2, -0.15) is 0 Å². The number of carboxylic acids is 1. The van der Waals surface area contributed by atoms with Crippen LogP contribution in [0.25, 0.3) is 0 Å². The quantitative estimate of drug-likeness (QED) is 0.131. The summed E-state index contributed by atoms with van der Waals surface area (Å²) in [6.07, 6.45) is -10.5. The molecule has 0 radical (unpaired) electrons. The minimum atomic E-state index is -1.61. The Morgan fingerprint density at radius 3 is 2.19 bits per heavy atom. The van der Waals surface area contributed by atoms with Crippen molar-refractivity contribution in [3.05, 3.63) is 0 Å². The molecule has 2 aliphatic heterocycles. The number of ether oxygens (including phenoxy) is 5. The predicted octanol–water partition coefficient (Wildman–Crippen LogP) is -1.72. The van der Waals surface area contributed by atoms with Gasteiger partial charge in [0.05, 0.1) is 31.0 Å². The number of hydrogen-bond donors (Lipinski definition) is 8. The van der Waals surface area contributed by atoms with Gasteiger partial charge in [-0.15, -0.1) is 0 Å². The van der Waals surface area contributed by atoms with Crippen LogP contribution in [0.5, 0.6) is 0 Å². The zero-order valence-electron chi connectivity index (χ0n) is 24.0. The lowest BCUT2D eigenvalue weighted by molar-refractivity contribution is -0.332. The summed E-state index contributed by atoms with van der Waals surface area (Å²) >= 11 is 0. The molecule has 0 aromatic heterocycles. The molecule has 0 spiro atoms. The van der Waals surface area contributed by atoms with Gasteiger partial charge in [-0.05, 0) is 32.1 Å². The van der Waals surface area contributed by atoms with Crippen LogP contribution in [0.3, 0.4) is 0 Å². The Hall–Kier alpha value is -1.01. The first kappa shape index (κ1) is 33.9. The van der Waals surface area contributed by atoms with Gasteiger partial charge >= 0.3 is 5.97 Å². The molecular weight excluding hydrogens is 560 g/mol. The van der Waals surface area contributed by atoms with Crippen LogP contribution in [0.15, 0.2) is 0 Å². The van der Waals surface area contributed by atoms with Crippen LogP contribution in [0, 0.1) is 11.8 Å². The summed E-state index contributed by atoms with van der Waals surface area (Å²) in [5.74, 6) is -1.81. The first-order valence-electron chi connectivity index (χ1n) is 15.1. The van der Waals surface area contributed by atoms with Crippen LogP contribution in [-0.4, -0.2) is 146 Å². The number of hydrogen-bond acceptors (Lipinski definition) is 13. The van der Waals surface area contributed by atoms with Crippen molar-refractivity contribution in [1.82, 2.24) is 0 Å². The highest BCUT2D eigenvalue weighted by molar-refractivity contribution is 5.72. The lowest BCUT2D eigenvalue weighted by Gasteiger charge is -2.47. The minimum Gasteiger partial charge on any atom is -0.479 e. The van der Waals surface area contributed by atoms with Crippen molar-refractivity contribution in [2.24, 2.45) is 11.8 Å². The number of aliphatic carboxylic acids is 1. The zero-order valence-corrected chi connectivity index (χ0v) is 24.0. The lowest BCUT2D eigenvalue weighted by Crippen LogP contribution is -2.62. The molecule has 14 nitrogen and oxygen atoms in total. The second-order valence-electron chi connectivity index (χ2n) is 12.2. The summed E-state index contributed by atoms with van der Waals surface area (Å²) in [4.78, 5) is 12.1. The van der Waals surface area contributed by atoms with Crippen LogP contribution < -0.4 is 0 Å².